The van der Waals surface area contributed by atoms with Crippen molar-refractivity contribution < 1.29 is 4.79 Å². The van der Waals surface area contributed by atoms with E-state index in [-0.39, 0.29) is 5.78 Å². The van der Waals surface area contributed by atoms with Gasteiger partial charge in [-0.3, -0.25) is 4.79 Å². The normalized spacial score (nSPS) is 9.45. The fourth-order valence-corrected chi connectivity index (χ4v) is 3.36. The van der Waals surface area contributed by atoms with Gasteiger partial charge in [0.1, 0.15) is 0 Å². The summed E-state index contributed by atoms with van der Waals surface area (Å²) in [6, 6.07) is 28.3. The number of halogens is 1. The molecular formula is C27H25IN2O. The summed E-state index contributed by atoms with van der Waals surface area (Å²) < 4.78 is 1.25. The zero-order valence-electron chi connectivity index (χ0n) is 17.2. The smallest absolute Gasteiger partial charge is 0.193 e. The summed E-state index contributed by atoms with van der Waals surface area (Å²) in [5.41, 5.74) is 14.3. The molecule has 0 radical (unpaired) electrons. The maximum absolute atomic E-state index is 11.9. The Morgan fingerprint density at radius 3 is 1.81 bits per heavy atom. The Balaban J connectivity index is 0.000000192. The number of benzene rings is 4. The Bertz CT molecular complexity index is 1110. The number of anilines is 2. The number of allylic oxidation sites excluding steroid dienone is 2. The Morgan fingerprint density at radius 2 is 1.23 bits per heavy atom. The average molecular weight is 520 g/mol. The molecule has 0 aromatic heterocycles. The number of nitrogen functional groups attached to an aromatic ring is 2. The molecular weight excluding hydrogens is 495 g/mol. The van der Waals surface area contributed by atoms with Crippen molar-refractivity contribution in [1.82, 2.24) is 0 Å². The molecule has 0 saturated carbocycles. The number of ketones is 1. The second kappa shape index (κ2) is 12.3. The van der Waals surface area contributed by atoms with Gasteiger partial charge in [-0.15, -0.1) is 0 Å². The standard InChI is InChI=1S/C13H11NO.C10H8IN.C4H6/c14-12-8-6-11(7-9-12)13(15)10-4-2-1-3-5-10;11-9-5-1-4-8-7(9)3-2-6-10(8)12;1-3-4-2/h1-9H,14H2;1-6H,12H2;3-4H,1-2H2. The molecule has 0 saturated heterocycles. The van der Waals surface area contributed by atoms with Crippen LogP contribution in [0.5, 0.6) is 0 Å². The van der Waals surface area contributed by atoms with Crippen LogP contribution in [0, 0.1) is 3.57 Å². The molecule has 0 amide bonds. The van der Waals surface area contributed by atoms with Crippen molar-refractivity contribution in [3.05, 3.63) is 131 Å². The lowest BCUT2D eigenvalue weighted by atomic mass is 10.0. The average Bonchev–Trinajstić information content (AvgIpc) is 2.81. The van der Waals surface area contributed by atoms with E-state index >= 15 is 0 Å². The Kier molecular flexibility index (Phi) is 9.52. The summed E-state index contributed by atoms with van der Waals surface area (Å²) in [6.07, 6.45) is 3.28. The van der Waals surface area contributed by atoms with Crippen LogP contribution in [0.25, 0.3) is 10.8 Å². The molecule has 0 bridgehead atoms. The first-order chi connectivity index (χ1) is 15.0. The van der Waals surface area contributed by atoms with Crippen LogP contribution in [0.4, 0.5) is 11.4 Å². The van der Waals surface area contributed by atoms with Gasteiger partial charge < -0.3 is 11.5 Å². The van der Waals surface area contributed by atoms with Gasteiger partial charge in [-0.25, -0.2) is 0 Å². The van der Waals surface area contributed by atoms with Gasteiger partial charge in [0.25, 0.3) is 0 Å². The van der Waals surface area contributed by atoms with Gasteiger partial charge in [-0.2, -0.15) is 0 Å². The van der Waals surface area contributed by atoms with E-state index in [4.69, 9.17) is 11.5 Å². The van der Waals surface area contributed by atoms with E-state index in [0.717, 1.165) is 11.1 Å². The highest BCUT2D eigenvalue weighted by Crippen LogP contribution is 2.24. The van der Waals surface area contributed by atoms with E-state index in [1.54, 1.807) is 48.6 Å². The van der Waals surface area contributed by atoms with E-state index in [9.17, 15) is 4.79 Å². The summed E-state index contributed by atoms with van der Waals surface area (Å²) >= 11 is 2.32. The third-order valence-corrected chi connectivity index (χ3v) is 5.22. The van der Waals surface area contributed by atoms with E-state index in [1.807, 2.05) is 42.5 Å². The highest BCUT2D eigenvalue weighted by atomic mass is 127. The van der Waals surface area contributed by atoms with E-state index in [2.05, 4.69) is 47.9 Å². The van der Waals surface area contributed by atoms with Gasteiger partial charge >= 0.3 is 0 Å². The summed E-state index contributed by atoms with van der Waals surface area (Å²) in [4.78, 5) is 11.9. The quantitative estimate of drug-likeness (QED) is 0.134. The van der Waals surface area contributed by atoms with E-state index in [0.29, 0.717) is 16.8 Å². The topological polar surface area (TPSA) is 69.1 Å². The van der Waals surface area contributed by atoms with Crippen molar-refractivity contribution in [2.24, 2.45) is 0 Å². The van der Waals surface area contributed by atoms with Crippen LogP contribution in [0.15, 0.2) is 116 Å². The van der Waals surface area contributed by atoms with Crippen LogP contribution >= 0.6 is 22.6 Å². The fraction of sp³-hybridized carbons (Fsp3) is 0. The fourth-order valence-electron chi connectivity index (χ4n) is 2.69. The lowest BCUT2D eigenvalue weighted by Gasteiger charge is -2.02. The monoisotopic (exact) mass is 520 g/mol. The Labute approximate surface area is 197 Å². The van der Waals surface area contributed by atoms with E-state index in [1.165, 1.54) is 8.96 Å². The molecule has 4 aromatic carbocycles. The number of nitrogens with two attached hydrogens (primary N) is 2. The Hall–Kier alpha value is -3.38. The van der Waals surface area contributed by atoms with Crippen LogP contribution in [0.3, 0.4) is 0 Å². The summed E-state index contributed by atoms with van der Waals surface area (Å²) in [5, 5.41) is 2.38. The van der Waals surface area contributed by atoms with Crippen LogP contribution in [0.2, 0.25) is 0 Å². The number of rotatable bonds is 3. The molecule has 3 nitrogen and oxygen atoms in total. The third-order valence-electron chi connectivity index (χ3n) is 4.28. The molecule has 4 heteroatoms. The lowest BCUT2D eigenvalue weighted by molar-refractivity contribution is 0.103. The molecule has 0 atom stereocenters. The number of fused-ring (bicyclic) bond motifs is 1. The Morgan fingerprint density at radius 1 is 0.677 bits per heavy atom. The van der Waals surface area contributed by atoms with Gasteiger partial charge in [0, 0.05) is 31.5 Å². The highest BCUT2D eigenvalue weighted by Gasteiger charge is 2.07. The van der Waals surface area contributed by atoms with Crippen LogP contribution in [0.1, 0.15) is 15.9 Å². The first-order valence-corrected chi connectivity index (χ1v) is 10.7. The first-order valence-electron chi connectivity index (χ1n) is 9.59. The van der Waals surface area contributed by atoms with Gasteiger partial charge in [0.05, 0.1) is 0 Å². The van der Waals surface area contributed by atoms with Crippen LogP contribution in [-0.4, -0.2) is 5.78 Å². The zero-order chi connectivity index (χ0) is 22.6. The van der Waals surface area contributed by atoms with Crippen molar-refractivity contribution in [3.63, 3.8) is 0 Å². The van der Waals surface area contributed by atoms with Gasteiger partial charge in [0.15, 0.2) is 5.78 Å². The molecule has 0 heterocycles. The SMILES string of the molecule is C=CC=C.Nc1ccc(C(=O)c2ccccc2)cc1.Nc1cccc2c(I)cccc12. The van der Waals surface area contributed by atoms with Crippen molar-refractivity contribution in [2.75, 3.05) is 11.5 Å². The summed E-state index contributed by atoms with van der Waals surface area (Å²) in [6.45, 7) is 6.72. The minimum Gasteiger partial charge on any atom is -0.399 e. The van der Waals surface area contributed by atoms with Gasteiger partial charge in [-0.1, -0.05) is 79.9 Å². The maximum atomic E-state index is 11.9. The van der Waals surface area contributed by atoms with E-state index < -0.39 is 0 Å². The molecule has 4 rings (SSSR count). The molecule has 0 aliphatic rings. The van der Waals surface area contributed by atoms with Crippen LogP contribution in [-0.2, 0) is 0 Å². The predicted octanol–water partition coefficient (Wildman–Crippen LogP) is 6.88. The summed E-state index contributed by atoms with van der Waals surface area (Å²) in [7, 11) is 0. The second-order valence-electron chi connectivity index (χ2n) is 6.47. The molecule has 4 aromatic rings. The minimum atomic E-state index is 0.0237. The second-order valence-corrected chi connectivity index (χ2v) is 7.63. The third kappa shape index (κ3) is 7.12. The molecule has 0 aliphatic carbocycles. The molecule has 0 aliphatic heterocycles. The number of carbonyl (C=O) groups is 1. The number of hydrogen-bond donors (Lipinski definition) is 2. The number of carbonyl (C=O) groups excluding carboxylic acids is 1. The van der Waals surface area contributed by atoms with Crippen LogP contribution < -0.4 is 11.5 Å². The van der Waals surface area contributed by atoms with Crippen molar-refractivity contribution in [3.8, 4) is 0 Å². The lowest BCUT2D eigenvalue weighted by Crippen LogP contribution is -2.00. The highest BCUT2D eigenvalue weighted by molar-refractivity contribution is 14.1. The molecule has 31 heavy (non-hydrogen) atoms. The minimum absolute atomic E-state index is 0.0237. The largest absolute Gasteiger partial charge is 0.399 e. The number of hydrogen-bond acceptors (Lipinski definition) is 3. The van der Waals surface area contributed by atoms with Gasteiger partial charge in [0.2, 0.25) is 0 Å². The first kappa shape index (κ1) is 23.9. The van der Waals surface area contributed by atoms with Crippen molar-refractivity contribution in [2.45, 2.75) is 0 Å². The maximum Gasteiger partial charge on any atom is 0.193 e. The van der Waals surface area contributed by atoms with Gasteiger partial charge in [-0.05, 0) is 64.4 Å². The molecule has 0 fully saturated rings. The molecule has 0 unspecified atom stereocenters. The molecule has 156 valence electrons. The van der Waals surface area contributed by atoms with Crippen molar-refractivity contribution >= 4 is 50.5 Å². The predicted molar refractivity (Wildman–Crippen MR) is 142 cm³/mol. The molecule has 0 spiro atoms. The zero-order valence-corrected chi connectivity index (χ0v) is 19.3. The summed E-state index contributed by atoms with van der Waals surface area (Å²) in [5.74, 6) is 0.0237. The van der Waals surface area contributed by atoms with Crippen molar-refractivity contribution in [1.29, 1.82) is 0 Å². The molecule has 4 N–H and O–H groups in total.